The Balaban J connectivity index is 2.39. The van der Waals surface area contributed by atoms with E-state index in [1.807, 2.05) is 18.2 Å². The summed E-state index contributed by atoms with van der Waals surface area (Å²) >= 11 is 0. The summed E-state index contributed by atoms with van der Waals surface area (Å²) in [5.41, 5.74) is 1.27. The Hall–Kier alpha value is -1.31. The lowest BCUT2D eigenvalue weighted by Crippen LogP contribution is -1.97. The summed E-state index contributed by atoms with van der Waals surface area (Å²) in [6.07, 6.45) is 3.39. The summed E-state index contributed by atoms with van der Waals surface area (Å²) in [7, 11) is 1.50. The van der Waals surface area contributed by atoms with E-state index in [2.05, 4.69) is 12.1 Å². The van der Waals surface area contributed by atoms with Gasteiger partial charge in [-0.1, -0.05) is 30.3 Å². The third kappa shape index (κ3) is 3.19. The van der Waals surface area contributed by atoms with Gasteiger partial charge in [0, 0.05) is 6.42 Å². The van der Waals surface area contributed by atoms with E-state index in [0.717, 1.165) is 17.6 Å². The van der Waals surface area contributed by atoms with Crippen LogP contribution < -0.4 is 0 Å². The Kier molecular flexibility index (Phi) is 3.33. The maximum absolute atomic E-state index is 10.5. The van der Waals surface area contributed by atoms with Gasteiger partial charge in [-0.3, -0.25) is 0 Å². The van der Waals surface area contributed by atoms with Crippen LogP contribution in [0.3, 0.4) is 0 Å². The van der Waals surface area contributed by atoms with E-state index in [0.29, 0.717) is 0 Å². The van der Waals surface area contributed by atoms with E-state index < -0.39 is 0 Å². The quantitative estimate of drug-likeness (QED) is 0.289. The number of hydroxylamine groups is 1. The maximum Gasteiger partial charge on any atom is 0.151 e. The number of rotatable bonds is 3. The number of hydrogen-bond donors (Lipinski definition) is 0. The van der Waals surface area contributed by atoms with E-state index in [1.165, 1.54) is 12.6 Å². The Bertz CT molecular complexity index is 250. The van der Waals surface area contributed by atoms with E-state index in [1.54, 1.807) is 6.21 Å². The largest absolute Gasteiger partial charge is 0.624 e. The van der Waals surface area contributed by atoms with Crippen LogP contribution >= 0.6 is 0 Å². The molecule has 0 atom stereocenters. The molecule has 0 amide bonds. The Morgan fingerprint density at radius 3 is 2.58 bits per heavy atom. The lowest BCUT2D eigenvalue weighted by Gasteiger charge is -1.96. The van der Waals surface area contributed by atoms with Gasteiger partial charge in [-0.15, -0.1) is 0 Å². The third-order valence-corrected chi connectivity index (χ3v) is 1.66. The Morgan fingerprint density at radius 2 is 2.00 bits per heavy atom. The molecule has 0 aliphatic carbocycles. The second-order valence-corrected chi connectivity index (χ2v) is 2.75. The SMILES string of the molecule is C/[N+]([O-])=C\CCc1ccccc1. The van der Waals surface area contributed by atoms with Crippen molar-refractivity contribution in [2.24, 2.45) is 0 Å². The zero-order valence-electron chi connectivity index (χ0n) is 7.23. The minimum atomic E-state index is 0.810. The molecule has 0 unspecified atom stereocenters. The van der Waals surface area contributed by atoms with Crippen molar-refractivity contribution in [3.63, 3.8) is 0 Å². The highest BCUT2D eigenvalue weighted by atomic mass is 16.5. The molecule has 0 aliphatic heterocycles. The monoisotopic (exact) mass is 163 g/mol. The number of nitrogens with zero attached hydrogens (tertiary/aromatic N) is 1. The molecule has 0 bridgehead atoms. The molecule has 2 nitrogen and oxygen atoms in total. The van der Waals surface area contributed by atoms with Gasteiger partial charge in [-0.2, -0.15) is 0 Å². The van der Waals surface area contributed by atoms with Gasteiger partial charge in [0.25, 0.3) is 0 Å². The molecule has 64 valence electrons. The van der Waals surface area contributed by atoms with E-state index in [-0.39, 0.29) is 0 Å². The second kappa shape index (κ2) is 4.54. The highest BCUT2D eigenvalue weighted by molar-refractivity contribution is 5.51. The molecule has 0 saturated heterocycles. The standard InChI is InChI=1S/C10H13NO/c1-11(12)9-5-8-10-6-3-2-4-7-10/h2-4,6-7,9H,5,8H2,1H3/b11-9+. The van der Waals surface area contributed by atoms with Crippen LogP contribution in [-0.4, -0.2) is 18.0 Å². The van der Waals surface area contributed by atoms with Crippen LogP contribution in [0.15, 0.2) is 30.3 Å². The molecule has 12 heavy (non-hydrogen) atoms. The first kappa shape index (κ1) is 8.78. The van der Waals surface area contributed by atoms with E-state index in [4.69, 9.17) is 0 Å². The van der Waals surface area contributed by atoms with Crippen molar-refractivity contribution in [1.29, 1.82) is 0 Å². The van der Waals surface area contributed by atoms with Gasteiger partial charge in [0.15, 0.2) is 6.21 Å². The summed E-state index contributed by atoms with van der Waals surface area (Å²) in [4.78, 5) is 0. The van der Waals surface area contributed by atoms with E-state index in [9.17, 15) is 5.21 Å². The highest BCUT2D eigenvalue weighted by Gasteiger charge is 1.90. The lowest BCUT2D eigenvalue weighted by atomic mass is 10.1. The van der Waals surface area contributed by atoms with Crippen molar-refractivity contribution in [2.75, 3.05) is 7.05 Å². The van der Waals surface area contributed by atoms with Crippen LogP contribution in [0.2, 0.25) is 0 Å². The Morgan fingerprint density at radius 1 is 1.33 bits per heavy atom. The zero-order chi connectivity index (χ0) is 8.81. The van der Waals surface area contributed by atoms with Crippen molar-refractivity contribution in [3.05, 3.63) is 41.1 Å². The molecule has 1 aromatic carbocycles. The van der Waals surface area contributed by atoms with Gasteiger partial charge in [0.2, 0.25) is 0 Å². The highest BCUT2D eigenvalue weighted by Crippen LogP contribution is 2.00. The van der Waals surface area contributed by atoms with Crippen molar-refractivity contribution in [1.82, 2.24) is 0 Å². The van der Waals surface area contributed by atoms with Crippen LogP contribution in [0, 0.1) is 5.21 Å². The predicted molar refractivity (Wildman–Crippen MR) is 50.4 cm³/mol. The fourth-order valence-corrected chi connectivity index (χ4v) is 1.06. The molecular weight excluding hydrogens is 150 g/mol. The third-order valence-electron chi connectivity index (χ3n) is 1.66. The summed E-state index contributed by atoms with van der Waals surface area (Å²) in [6, 6.07) is 10.1. The predicted octanol–water partition coefficient (Wildman–Crippen LogP) is 1.83. The van der Waals surface area contributed by atoms with Crippen LogP contribution in [0.4, 0.5) is 0 Å². The minimum absolute atomic E-state index is 0.810. The Labute approximate surface area is 72.7 Å². The van der Waals surface area contributed by atoms with Crippen LogP contribution in [-0.2, 0) is 6.42 Å². The molecule has 0 fully saturated rings. The molecule has 0 N–H and O–H groups in total. The molecule has 0 spiro atoms. The molecule has 0 aromatic heterocycles. The van der Waals surface area contributed by atoms with Crippen molar-refractivity contribution in [3.8, 4) is 0 Å². The number of benzene rings is 1. The second-order valence-electron chi connectivity index (χ2n) is 2.75. The van der Waals surface area contributed by atoms with Gasteiger partial charge < -0.3 is 5.21 Å². The van der Waals surface area contributed by atoms with Crippen LogP contribution in [0.25, 0.3) is 0 Å². The van der Waals surface area contributed by atoms with Gasteiger partial charge in [0.1, 0.15) is 7.05 Å². The van der Waals surface area contributed by atoms with Gasteiger partial charge >= 0.3 is 0 Å². The van der Waals surface area contributed by atoms with Gasteiger partial charge in [-0.25, -0.2) is 4.74 Å². The first-order valence-electron chi connectivity index (χ1n) is 4.06. The van der Waals surface area contributed by atoms with Crippen molar-refractivity contribution >= 4 is 6.21 Å². The zero-order valence-corrected chi connectivity index (χ0v) is 7.23. The lowest BCUT2D eigenvalue weighted by molar-refractivity contribution is -0.418. The average molecular weight is 163 g/mol. The molecule has 2 heteroatoms. The smallest absolute Gasteiger partial charge is 0.151 e. The summed E-state index contributed by atoms with van der Waals surface area (Å²) < 4.78 is 0.850. The van der Waals surface area contributed by atoms with Crippen LogP contribution in [0.5, 0.6) is 0 Å². The molecule has 0 heterocycles. The van der Waals surface area contributed by atoms with Gasteiger partial charge in [0.05, 0.1) is 0 Å². The molecule has 0 saturated carbocycles. The molecular formula is C10H13NO. The summed E-state index contributed by atoms with van der Waals surface area (Å²) in [5, 5.41) is 10.5. The van der Waals surface area contributed by atoms with Crippen molar-refractivity contribution < 1.29 is 4.74 Å². The van der Waals surface area contributed by atoms with Crippen LogP contribution in [0.1, 0.15) is 12.0 Å². The molecule has 0 radical (unpaired) electrons. The first-order valence-corrected chi connectivity index (χ1v) is 4.06. The average Bonchev–Trinajstić information content (AvgIpc) is 2.05. The number of aryl methyl sites for hydroxylation is 1. The van der Waals surface area contributed by atoms with Gasteiger partial charge in [-0.05, 0) is 12.0 Å². The summed E-state index contributed by atoms with van der Waals surface area (Å²) in [5.74, 6) is 0. The minimum Gasteiger partial charge on any atom is -0.624 e. The fourth-order valence-electron chi connectivity index (χ4n) is 1.06. The molecule has 1 rings (SSSR count). The fraction of sp³-hybridized carbons (Fsp3) is 0.300. The maximum atomic E-state index is 10.5. The normalized spacial score (nSPS) is 11.6. The molecule has 1 aromatic rings. The first-order chi connectivity index (χ1) is 5.79. The van der Waals surface area contributed by atoms with E-state index >= 15 is 0 Å². The topological polar surface area (TPSA) is 26.1 Å². The number of hydrogen-bond acceptors (Lipinski definition) is 1. The molecule has 0 aliphatic rings. The van der Waals surface area contributed by atoms with Crippen molar-refractivity contribution in [2.45, 2.75) is 12.8 Å². The summed E-state index contributed by atoms with van der Waals surface area (Å²) in [6.45, 7) is 0.